The Kier molecular flexibility index (Phi) is 4.23. The molecule has 0 heterocycles. The highest BCUT2D eigenvalue weighted by Crippen LogP contribution is 2.19. The van der Waals surface area contributed by atoms with Crippen molar-refractivity contribution in [1.82, 2.24) is 0 Å². The van der Waals surface area contributed by atoms with E-state index in [4.69, 9.17) is 0 Å². The number of benzene rings is 2. The molecule has 100 valence electrons. The summed E-state index contributed by atoms with van der Waals surface area (Å²) in [6, 6.07) is 12.3. The minimum atomic E-state index is 0.0646. The molecule has 0 aliphatic carbocycles. The van der Waals surface area contributed by atoms with E-state index >= 15 is 0 Å². The lowest BCUT2D eigenvalue weighted by Gasteiger charge is -2.13. The van der Waals surface area contributed by atoms with Gasteiger partial charge in [0.15, 0.2) is 0 Å². The van der Waals surface area contributed by atoms with Crippen LogP contribution >= 0.6 is 0 Å². The van der Waals surface area contributed by atoms with Crippen molar-refractivity contribution in [3.05, 3.63) is 64.2 Å². The first-order chi connectivity index (χ1) is 9.11. The van der Waals surface area contributed by atoms with Crippen molar-refractivity contribution in [2.45, 2.75) is 33.9 Å². The molecular weight excluding hydrogens is 234 g/mol. The topological polar surface area (TPSA) is 32.3 Å². The zero-order valence-corrected chi connectivity index (χ0v) is 11.8. The molecule has 2 rings (SSSR count). The largest absolute Gasteiger partial charge is 0.392 e. The summed E-state index contributed by atoms with van der Waals surface area (Å²) in [7, 11) is 0. The predicted octanol–water partition coefficient (Wildman–Crippen LogP) is 3.72. The van der Waals surface area contributed by atoms with Crippen LogP contribution < -0.4 is 5.32 Å². The van der Waals surface area contributed by atoms with E-state index in [0.29, 0.717) is 0 Å². The number of rotatable bonds is 4. The summed E-state index contributed by atoms with van der Waals surface area (Å²) in [5.74, 6) is 0. The number of hydrogen-bond donors (Lipinski definition) is 2. The maximum Gasteiger partial charge on any atom is 0.0701 e. The fraction of sp³-hybridized carbons (Fsp3) is 0.294. The Hall–Kier alpha value is -1.80. The van der Waals surface area contributed by atoms with Crippen LogP contribution in [0, 0.1) is 20.8 Å². The molecule has 0 fully saturated rings. The molecule has 0 bridgehead atoms. The summed E-state index contributed by atoms with van der Waals surface area (Å²) in [5.41, 5.74) is 7.19. The van der Waals surface area contributed by atoms with Crippen molar-refractivity contribution >= 4 is 5.69 Å². The molecule has 0 atom stereocenters. The minimum absolute atomic E-state index is 0.0646. The fourth-order valence-electron chi connectivity index (χ4n) is 2.23. The third-order valence-electron chi connectivity index (χ3n) is 3.61. The van der Waals surface area contributed by atoms with Crippen LogP contribution in [-0.2, 0) is 13.2 Å². The van der Waals surface area contributed by atoms with Crippen LogP contribution in [0.3, 0.4) is 0 Å². The van der Waals surface area contributed by atoms with E-state index in [1.54, 1.807) is 0 Å². The summed E-state index contributed by atoms with van der Waals surface area (Å²) in [6.45, 7) is 7.26. The first-order valence-electron chi connectivity index (χ1n) is 6.61. The third-order valence-corrected chi connectivity index (χ3v) is 3.61. The molecule has 2 aromatic rings. The molecular formula is C17H21NO. The summed E-state index contributed by atoms with van der Waals surface area (Å²) in [6.07, 6.45) is 0. The van der Waals surface area contributed by atoms with Crippen molar-refractivity contribution in [3.63, 3.8) is 0 Å². The van der Waals surface area contributed by atoms with Gasteiger partial charge in [-0.2, -0.15) is 0 Å². The highest BCUT2D eigenvalue weighted by molar-refractivity contribution is 5.51. The van der Waals surface area contributed by atoms with Crippen molar-refractivity contribution in [3.8, 4) is 0 Å². The highest BCUT2D eigenvalue weighted by Gasteiger charge is 2.04. The number of aliphatic hydroxyl groups is 1. The summed E-state index contributed by atoms with van der Waals surface area (Å²) in [5, 5.41) is 12.7. The molecule has 2 N–H and O–H groups in total. The molecule has 19 heavy (non-hydrogen) atoms. The lowest BCUT2D eigenvalue weighted by Crippen LogP contribution is -2.04. The van der Waals surface area contributed by atoms with Gasteiger partial charge in [-0.25, -0.2) is 0 Å². The molecule has 2 aromatic carbocycles. The average molecular weight is 255 g/mol. The van der Waals surface area contributed by atoms with Crippen LogP contribution in [0.15, 0.2) is 36.4 Å². The van der Waals surface area contributed by atoms with Crippen molar-refractivity contribution < 1.29 is 5.11 Å². The van der Waals surface area contributed by atoms with Crippen LogP contribution in [0.25, 0.3) is 0 Å². The van der Waals surface area contributed by atoms with Crippen LogP contribution in [0.4, 0.5) is 5.69 Å². The van der Waals surface area contributed by atoms with Gasteiger partial charge in [0.05, 0.1) is 6.61 Å². The maximum atomic E-state index is 9.31. The maximum absolute atomic E-state index is 9.31. The molecule has 0 spiro atoms. The normalized spacial score (nSPS) is 10.5. The number of anilines is 1. The highest BCUT2D eigenvalue weighted by atomic mass is 16.3. The number of nitrogens with one attached hydrogen (secondary N) is 1. The minimum Gasteiger partial charge on any atom is -0.392 e. The summed E-state index contributed by atoms with van der Waals surface area (Å²) >= 11 is 0. The Labute approximate surface area is 115 Å². The van der Waals surface area contributed by atoms with Crippen molar-refractivity contribution in [1.29, 1.82) is 0 Å². The van der Waals surface area contributed by atoms with Gasteiger partial charge in [0.2, 0.25) is 0 Å². The molecule has 0 saturated heterocycles. The lowest BCUT2D eigenvalue weighted by molar-refractivity contribution is 0.282. The molecule has 0 aromatic heterocycles. The molecule has 0 unspecified atom stereocenters. The van der Waals surface area contributed by atoms with E-state index in [0.717, 1.165) is 17.8 Å². The van der Waals surface area contributed by atoms with Gasteiger partial charge in [-0.15, -0.1) is 0 Å². The first kappa shape index (κ1) is 13.6. The molecule has 2 nitrogen and oxygen atoms in total. The summed E-state index contributed by atoms with van der Waals surface area (Å²) in [4.78, 5) is 0. The van der Waals surface area contributed by atoms with E-state index in [1.165, 1.54) is 22.3 Å². The van der Waals surface area contributed by atoms with Gasteiger partial charge >= 0.3 is 0 Å². The molecule has 0 amide bonds. The number of para-hydroxylation sites is 1. The summed E-state index contributed by atoms with van der Waals surface area (Å²) < 4.78 is 0. The van der Waals surface area contributed by atoms with E-state index in [1.807, 2.05) is 24.3 Å². The van der Waals surface area contributed by atoms with Gasteiger partial charge in [0, 0.05) is 17.8 Å². The Morgan fingerprint density at radius 3 is 2.32 bits per heavy atom. The van der Waals surface area contributed by atoms with Crippen LogP contribution in [-0.4, -0.2) is 5.11 Å². The van der Waals surface area contributed by atoms with Crippen LogP contribution in [0.2, 0.25) is 0 Å². The molecule has 0 aliphatic heterocycles. The molecule has 0 radical (unpaired) electrons. The van der Waals surface area contributed by atoms with Gasteiger partial charge in [0.25, 0.3) is 0 Å². The third kappa shape index (κ3) is 3.15. The van der Waals surface area contributed by atoms with E-state index in [-0.39, 0.29) is 6.61 Å². The first-order valence-corrected chi connectivity index (χ1v) is 6.61. The zero-order chi connectivity index (χ0) is 13.8. The van der Waals surface area contributed by atoms with E-state index in [2.05, 4.69) is 38.2 Å². The van der Waals surface area contributed by atoms with Gasteiger partial charge in [-0.1, -0.05) is 30.3 Å². The monoisotopic (exact) mass is 255 g/mol. The average Bonchev–Trinajstić information content (AvgIpc) is 2.41. The standard InChI is InChI=1S/C17H21NO/c1-12-8-14(3)16(9-13(12)2)10-18-17-7-5-4-6-15(17)11-19/h4-9,18-19H,10-11H2,1-3H3. The van der Waals surface area contributed by atoms with Crippen LogP contribution in [0.1, 0.15) is 27.8 Å². The lowest BCUT2D eigenvalue weighted by atomic mass is 10.0. The van der Waals surface area contributed by atoms with Crippen LogP contribution in [0.5, 0.6) is 0 Å². The second-order valence-electron chi connectivity index (χ2n) is 5.03. The number of aryl methyl sites for hydroxylation is 3. The van der Waals surface area contributed by atoms with E-state index < -0.39 is 0 Å². The number of aliphatic hydroxyl groups excluding tert-OH is 1. The SMILES string of the molecule is Cc1cc(C)c(CNc2ccccc2CO)cc1C. The quantitative estimate of drug-likeness (QED) is 0.872. The van der Waals surface area contributed by atoms with Gasteiger partial charge in [0.1, 0.15) is 0 Å². The van der Waals surface area contributed by atoms with Gasteiger partial charge in [-0.3, -0.25) is 0 Å². The van der Waals surface area contributed by atoms with Crippen molar-refractivity contribution in [2.24, 2.45) is 0 Å². The zero-order valence-electron chi connectivity index (χ0n) is 11.8. The number of hydrogen-bond acceptors (Lipinski definition) is 2. The van der Waals surface area contributed by atoms with E-state index in [9.17, 15) is 5.11 Å². The Morgan fingerprint density at radius 1 is 0.895 bits per heavy atom. The van der Waals surface area contributed by atoms with Gasteiger partial charge in [-0.05, 0) is 49.1 Å². The molecule has 0 aliphatic rings. The van der Waals surface area contributed by atoms with Crippen molar-refractivity contribution in [2.75, 3.05) is 5.32 Å². The second kappa shape index (κ2) is 5.89. The molecule has 0 saturated carbocycles. The fourth-order valence-corrected chi connectivity index (χ4v) is 2.23. The Bertz CT molecular complexity index is 575. The van der Waals surface area contributed by atoms with Gasteiger partial charge < -0.3 is 10.4 Å². The Morgan fingerprint density at radius 2 is 1.58 bits per heavy atom. The smallest absolute Gasteiger partial charge is 0.0701 e. The predicted molar refractivity (Wildman–Crippen MR) is 80.3 cm³/mol. The second-order valence-corrected chi connectivity index (χ2v) is 5.03. The molecule has 2 heteroatoms. The Balaban J connectivity index is 2.17.